The van der Waals surface area contributed by atoms with E-state index in [0.717, 1.165) is 44.6 Å². The largest absolute Gasteiger partial charge is 0.405 e. The van der Waals surface area contributed by atoms with Crippen LogP contribution in [0.4, 0.5) is 0 Å². The highest BCUT2D eigenvalue weighted by Crippen LogP contribution is 2.19. The Kier molecular flexibility index (Phi) is 38.7. The van der Waals surface area contributed by atoms with Crippen molar-refractivity contribution < 1.29 is 0 Å². The number of nitrogens with two attached hydrogens (primary N) is 3. The van der Waals surface area contributed by atoms with E-state index in [2.05, 4.69) is 134 Å². The third-order valence-electron chi connectivity index (χ3n) is 6.78. The molecule has 10 N–H and O–H groups in total. The molecule has 0 aliphatic carbocycles. The quantitative estimate of drug-likeness (QED) is 0.0744. The number of unbranched alkanes of at least 4 members (excludes halogenated alkanes) is 1. The lowest BCUT2D eigenvalue weighted by Crippen LogP contribution is -2.41. The normalized spacial score (nSPS) is 12.5. The Morgan fingerprint density at radius 3 is 1.88 bits per heavy atom. The summed E-state index contributed by atoms with van der Waals surface area (Å²) in [5, 5.41) is 16.2. The zero-order valence-electron chi connectivity index (χ0n) is 30.9. The van der Waals surface area contributed by atoms with E-state index in [-0.39, 0.29) is 6.04 Å². The number of benzene rings is 2. The lowest BCUT2D eigenvalue weighted by atomic mass is 10.0. The number of thioether (sulfide) groups is 1. The van der Waals surface area contributed by atoms with Crippen molar-refractivity contribution in [3.8, 4) is 0 Å². The fourth-order valence-corrected chi connectivity index (χ4v) is 4.89. The van der Waals surface area contributed by atoms with E-state index in [4.69, 9.17) is 11.1 Å². The molecule has 1 heterocycles. The first-order chi connectivity index (χ1) is 23.2. The maximum Gasteiger partial charge on any atom is 0.0765 e. The molecule has 2 atom stereocenters. The molecule has 0 bridgehead atoms. The monoisotopic (exact) mass is 683 g/mol. The molecule has 2 aromatic rings. The van der Waals surface area contributed by atoms with Crippen molar-refractivity contribution in [3.63, 3.8) is 0 Å². The van der Waals surface area contributed by atoms with Crippen LogP contribution in [-0.4, -0.2) is 75.6 Å². The molecular weight excluding hydrogens is 613 g/mol. The van der Waals surface area contributed by atoms with Gasteiger partial charge in [0.2, 0.25) is 0 Å². The van der Waals surface area contributed by atoms with Gasteiger partial charge in [0.1, 0.15) is 0 Å². The summed E-state index contributed by atoms with van der Waals surface area (Å²) >= 11 is 2.05. The van der Waals surface area contributed by atoms with Gasteiger partial charge in [0.05, 0.1) is 12.4 Å². The summed E-state index contributed by atoms with van der Waals surface area (Å²) in [5.74, 6) is 2.83. The van der Waals surface area contributed by atoms with Gasteiger partial charge >= 0.3 is 0 Å². The van der Waals surface area contributed by atoms with Gasteiger partial charge in [-0.2, -0.15) is 11.8 Å². The molecule has 0 amide bonds. The fraction of sp³-hybridized carbons (Fsp3) is 0.462. The van der Waals surface area contributed by atoms with Crippen molar-refractivity contribution in [2.45, 2.75) is 52.5 Å². The van der Waals surface area contributed by atoms with Crippen LogP contribution in [0.2, 0.25) is 0 Å². The molecule has 272 valence electrons. The molecule has 1 saturated heterocycles. The molecule has 1 aliphatic rings. The maximum absolute atomic E-state index is 5.86. The van der Waals surface area contributed by atoms with E-state index in [1.54, 1.807) is 6.08 Å². The molecule has 48 heavy (non-hydrogen) atoms. The first kappa shape index (κ1) is 48.9. The van der Waals surface area contributed by atoms with E-state index in [1.807, 2.05) is 32.3 Å². The molecule has 3 rings (SSSR count). The van der Waals surface area contributed by atoms with Gasteiger partial charge in [-0.25, -0.2) is 0 Å². The van der Waals surface area contributed by atoms with Crippen LogP contribution in [0, 0.1) is 18.3 Å². The van der Waals surface area contributed by atoms with Crippen LogP contribution in [0.1, 0.15) is 44.2 Å². The van der Waals surface area contributed by atoms with Crippen molar-refractivity contribution >= 4 is 18.1 Å². The van der Waals surface area contributed by atoms with E-state index in [0.29, 0.717) is 12.5 Å². The second kappa shape index (κ2) is 38.0. The highest BCUT2D eigenvalue weighted by atomic mass is 32.2. The Balaban J connectivity index is -0.000000778. The first-order valence-corrected chi connectivity index (χ1v) is 18.0. The summed E-state index contributed by atoms with van der Waals surface area (Å²) in [5.41, 5.74) is 18.8. The van der Waals surface area contributed by atoms with E-state index >= 15 is 0 Å². The Labute approximate surface area is 299 Å². The summed E-state index contributed by atoms with van der Waals surface area (Å²) < 4.78 is 0. The van der Waals surface area contributed by atoms with Crippen molar-refractivity contribution in [2.24, 2.45) is 23.1 Å². The third kappa shape index (κ3) is 29.9. The van der Waals surface area contributed by atoms with Gasteiger partial charge < -0.3 is 38.1 Å². The van der Waals surface area contributed by atoms with Crippen LogP contribution in [0.5, 0.6) is 0 Å². The molecule has 1 aliphatic heterocycles. The zero-order valence-corrected chi connectivity index (χ0v) is 31.7. The van der Waals surface area contributed by atoms with Crippen molar-refractivity contribution in [1.82, 2.24) is 20.9 Å². The average molecular weight is 683 g/mol. The minimum atomic E-state index is 0.213. The number of nitrogens with one attached hydrogen (secondary N) is 4. The highest BCUT2D eigenvalue weighted by molar-refractivity contribution is 7.99. The summed E-state index contributed by atoms with van der Waals surface area (Å²) in [6, 6.07) is 21.0. The molecule has 2 aromatic carbocycles. The van der Waals surface area contributed by atoms with E-state index < -0.39 is 0 Å². The molecule has 0 aromatic heterocycles. The lowest BCUT2D eigenvalue weighted by molar-refractivity contribution is 0.315. The van der Waals surface area contributed by atoms with Gasteiger partial charge in [-0.1, -0.05) is 119 Å². The van der Waals surface area contributed by atoms with Gasteiger partial charge in [0.25, 0.3) is 0 Å². The molecule has 1 fully saturated rings. The Hall–Kier alpha value is -3.50. The number of aryl methyl sites for hydroxylation is 1. The van der Waals surface area contributed by atoms with Crippen LogP contribution < -0.4 is 33.2 Å². The van der Waals surface area contributed by atoms with Crippen molar-refractivity contribution in [3.05, 3.63) is 122 Å². The Bertz CT molecular complexity index is 1000. The second-order valence-corrected chi connectivity index (χ2v) is 11.9. The molecule has 0 spiro atoms. The number of hydrogen-bond acceptors (Lipinski definition) is 8. The number of nitrogens with zero attached hydrogens (tertiary/aromatic N) is 1. The number of likely N-dealkylation sites (N-methyl/N-ethyl adjacent to an activating group) is 1. The Morgan fingerprint density at radius 1 is 0.938 bits per heavy atom. The number of hydrogen-bond donors (Lipinski definition) is 7. The van der Waals surface area contributed by atoms with Crippen LogP contribution in [-0.2, 0) is 6.42 Å². The molecule has 0 radical (unpaired) electrons. The molecular formula is C39H70N8S. The maximum atomic E-state index is 5.86. The van der Waals surface area contributed by atoms with Gasteiger partial charge in [0.15, 0.2) is 0 Å². The minimum absolute atomic E-state index is 0.213. The van der Waals surface area contributed by atoms with Crippen molar-refractivity contribution in [2.75, 3.05) is 58.3 Å². The topological polar surface area (TPSA) is 141 Å². The van der Waals surface area contributed by atoms with Crippen molar-refractivity contribution in [1.29, 1.82) is 5.41 Å². The number of rotatable bonds is 13. The SMILES string of the molecule is C=C(NCC(CNC)C(=C)N1CCCSCC1)C(Cc1ccccc1)NC.C=CCN.C=CN.CCCC.Cc1ccccc1.N=CN. The Morgan fingerprint density at radius 2 is 1.46 bits per heavy atom. The fourth-order valence-electron chi connectivity index (χ4n) is 4.01. The van der Waals surface area contributed by atoms with Gasteiger partial charge in [-0.3, -0.25) is 5.41 Å². The smallest absolute Gasteiger partial charge is 0.0765 e. The zero-order chi connectivity index (χ0) is 36.8. The minimum Gasteiger partial charge on any atom is -0.405 e. The van der Waals surface area contributed by atoms with Crippen LogP contribution in [0.15, 0.2) is 111 Å². The molecule has 0 saturated carbocycles. The summed E-state index contributed by atoms with van der Waals surface area (Å²) in [7, 11) is 4.01. The second-order valence-electron chi connectivity index (χ2n) is 10.7. The highest BCUT2D eigenvalue weighted by Gasteiger charge is 2.20. The van der Waals surface area contributed by atoms with Crippen LogP contribution in [0.25, 0.3) is 0 Å². The van der Waals surface area contributed by atoms with Gasteiger partial charge in [-0.15, -0.1) is 6.58 Å². The summed E-state index contributed by atoms with van der Waals surface area (Å²) in [6.45, 7) is 26.3. The third-order valence-corrected chi connectivity index (χ3v) is 7.83. The van der Waals surface area contributed by atoms with E-state index in [1.165, 1.54) is 53.8 Å². The standard InChI is InChI=1S/C22H36N4S.C7H8.C4H10.C3H7N.C2H5N.CH4N2/c1-18(22(24-4)15-20-9-6-5-7-10-20)25-17-21(16-23-3)19(2)26-11-8-13-27-14-12-26;1-7-5-3-2-4-6-7;1-3-4-2;1-2-3-4;1-2-3;2-1-3/h5-7,9-10,21-25H,1-2,8,11-17H2,3-4H3;2-6H,1H3;3-4H2,1-2H3;2H,1,3-4H2;2H,1,3H2;1H,(H3,2,3). The first-order valence-electron chi connectivity index (χ1n) is 16.9. The van der Waals surface area contributed by atoms with Crippen LogP contribution >= 0.6 is 11.8 Å². The summed E-state index contributed by atoms with van der Waals surface area (Å²) in [4.78, 5) is 2.48. The predicted octanol–water partition coefficient (Wildman–Crippen LogP) is 6.28. The lowest BCUT2D eigenvalue weighted by Gasteiger charge is -2.32. The van der Waals surface area contributed by atoms with Gasteiger partial charge in [-0.05, 0) is 51.4 Å². The molecule has 9 heteroatoms. The van der Waals surface area contributed by atoms with Crippen LogP contribution in [0.3, 0.4) is 0 Å². The van der Waals surface area contributed by atoms with E-state index in [9.17, 15) is 0 Å². The molecule has 8 nitrogen and oxygen atoms in total. The summed E-state index contributed by atoms with van der Waals surface area (Å²) in [6.07, 6.45) is 8.47. The predicted molar refractivity (Wildman–Crippen MR) is 219 cm³/mol. The molecule has 2 unspecified atom stereocenters. The van der Waals surface area contributed by atoms with Gasteiger partial charge in [0, 0.05) is 55.8 Å². The average Bonchev–Trinajstić information content (AvgIpc) is 3.40.